The summed E-state index contributed by atoms with van der Waals surface area (Å²) in [6.07, 6.45) is 4.72. The molecule has 144 valence electrons. The predicted molar refractivity (Wildman–Crippen MR) is 106 cm³/mol. The van der Waals surface area contributed by atoms with Gasteiger partial charge in [-0.1, -0.05) is 42.8 Å². The number of hydrogen-bond donors (Lipinski definition) is 0. The molecule has 0 N–H and O–H groups in total. The fourth-order valence-corrected chi connectivity index (χ4v) is 4.87. The normalized spacial score (nSPS) is 19.4. The van der Waals surface area contributed by atoms with Crippen LogP contribution < -0.4 is 4.90 Å². The van der Waals surface area contributed by atoms with Gasteiger partial charge in [0.1, 0.15) is 0 Å². The first-order chi connectivity index (χ1) is 13.2. The molecule has 1 amide bonds. The standard InChI is InChI=1S/C19H26N6OS/c1-15(27-19-20-21-22-25(19)17-9-5-6-10-17)18(26)24-13-11-23(12-14-24)16-7-3-2-4-8-16/h2-4,7-8,15,17H,5-6,9-14H2,1H3. The molecule has 1 unspecified atom stereocenters. The van der Waals surface area contributed by atoms with E-state index in [0.29, 0.717) is 6.04 Å². The van der Waals surface area contributed by atoms with Crippen LogP contribution in [0.4, 0.5) is 5.69 Å². The number of benzene rings is 1. The summed E-state index contributed by atoms with van der Waals surface area (Å²) in [5, 5.41) is 12.8. The van der Waals surface area contributed by atoms with Gasteiger partial charge in [-0.2, -0.15) is 0 Å². The van der Waals surface area contributed by atoms with Gasteiger partial charge in [0, 0.05) is 31.9 Å². The number of hydrogen-bond acceptors (Lipinski definition) is 6. The number of rotatable bonds is 5. The molecule has 1 saturated heterocycles. The lowest BCUT2D eigenvalue weighted by Gasteiger charge is -2.37. The molecule has 7 nitrogen and oxygen atoms in total. The summed E-state index contributed by atoms with van der Waals surface area (Å²) in [5.74, 6) is 0.175. The number of amides is 1. The summed E-state index contributed by atoms with van der Waals surface area (Å²) < 4.78 is 1.93. The van der Waals surface area contributed by atoms with Crippen LogP contribution in [0.5, 0.6) is 0 Å². The highest BCUT2D eigenvalue weighted by Gasteiger charge is 2.28. The van der Waals surface area contributed by atoms with Crippen LogP contribution in [0.15, 0.2) is 35.5 Å². The van der Waals surface area contributed by atoms with E-state index in [-0.39, 0.29) is 11.2 Å². The number of piperazine rings is 1. The Balaban J connectivity index is 1.33. The van der Waals surface area contributed by atoms with Gasteiger partial charge >= 0.3 is 0 Å². The first-order valence-corrected chi connectivity index (χ1v) is 10.6. The van der Waals surface area contributed by atoms with E-state index in [1.165, 1.54) is 30.3 Å². The Hall–Kier alpha value is -2.09. The zero-order valence-corrected chi connectivity index (χ0v) is 16.5. The monoisotopic (exact) mass is 386 g/mol. The smallest absolute Gasteiger partial charge is 0.236 e. The van der Waals surface area contributed by atoms with Crippen molar-refractivity contribution in [2.75, 3.05) is 31.1 Å². The second kappa shape index (κ2) is 8.29. The van der Waals surface area contributed by atoms with Crippen LogP contribution in [-0.4, -0.2) is 62.4 Å². The third kappa shape index (κ3) is 4.10. The maximum Gasteiger partial charge on any atom is 0.236 e. The molecule has 2 aliphatic rings. The fourth-order valence-electron chi connectivity index (χ4n) is 3.93. The van der Waals surface area contributed by atoms with E-state index >= 15 is 0 Å². The minimum absolute atomic E-state index is 0.175. The highest BCUT2D eigenvalue weighted by Crippen LogP contribution is 2.32. The predicted octanol–water partition coefficient (Wildman–Crippen LogP) is 2.62. The lowest BCUT2D eigenvalue weighted by molar-refractivity contribution is -0.130. The van der Waals surface area contributed by atoms with Crippen LogP contribution in [0, 0.1) is 0 Å². The first kappa shape index (κ1) is 18.3. The molecule has 4 rings (SSSR count). The zero-order chi connectivity index (χ0) is 18.6. The molecule has 1 aromatic carbocycles. The maximum atomic E-state index is 12.9. The Morgan fingerprint density at radius 2 is 1.81 bits per heavy atom. The van der Waals surface area contributed by atoms with Crippen molar-refractivity contribution in [3.63, 3.8) is 0 Å². The van der Waals surface area contributed by atoms with Crippen molar-refractivity contribution in [1.29, 1.82) is 0 Å². The van der Waals surface area contributed by atoms with Crippen molar-refractivity contribution in [3.05, 3.63) is 30.3 Å². The van der Waals surface area contributed by atoms with Gasteiger partial charge in [-0.15, -0.1) is 5.10 Å². The minimum Gasteiger partial charge on any atom is -0.368 e. The molecule has 1 aromatic heterocycles. The van der Waals surface area contributed by atoms with Crippen LogP contribution in [-0.2, 0) is 4.79 Å². The van der Waals surface area contributed by atoms with Gasteiger partial charge in [-0.3, -0.25) is 4.79 Å². The van der Waals surface area contributed by atoms with E-state index in [1.807, 2.05) is 22.6 Å². The second-order valence-electron chi connectivity index (χ2n) is 7.25. The van der Waals surface area contributed by atoms with Gasteiger partial charge in [0.15, 0.2) is 0 Å². The average Bonchev–Trinajstić information content (AvgIpc) is 3.40. The number of tetrazole rings is 1. The SMILES string of the molecule is CC(Sc1nnnn1C1CCCC1)C(=O)N1CCN(c2ccccc2)CC1. The van der Waals surface area contributed by atoms with E-state index < -0.39 is 0 Å². The lowest BCUT2D eigenvalue weighted by atomic mass is 10.2. The maximum absolute atomic E-state index is 12.9. The highest BCUT2D eigenvalue weighted by molar-refractivity contribution is 8.00. The number of para-hydroxylation sites is 1. The molecule has 0 bridgehead atoms. The molecule has 2 heterocycles. The average molecular weight is 387 g/mol. The number of carbonyl (C=O) groups excluding carboxylic acids is 1. The third-order valence-corrected chi connectivity index (χ3v) is 6.51. The molecule has 8 heteroatoms. The van der Waals surface area contributed by atoms with Crippen LogP contribution >= 0.6 is 11.8 Å². The minimum atomic E-state index is -0.181. The molecular formula is C19H26N6OS. The van der Waals surface area contributed by atoms with Crippen molar-refractivity contribution in [2.45, 2.75) is 49.1 Å². The van der Waals surface area contributed by atoms with Crippen LogP contribution in [0.3, 0.4) is 0 Å². The van der Waals surface area contributed by atoms with E-state index in [1.54, 1.807) is 0 Å². The van der Waals surface area contributed by atoms with Gasteiger partial charge in [-0.25, -0.2) is 4.68 Å². The lowest BCUT2D eigenvalue weighted by Crippen LogP contribution is -2.50. The van der Waals surface area contributed by atoms with Gasteiger partial charge < -0.3 is 9.80 Å². The van der Waals surface area contributed by atoms with Gasteiger partial charge in [-0.05, 0) is 42.3 Å². The van der Waals surface area contributed by atoms with Gasteiger partial charge in [0.25, 0.3) is 0 Å². The highest BCUT2D eigenvalue weighted by atomic mass is 32.2. The van der Waals surface area contributed by atoms with Crippen molar-refractivity contribution >= 4 is 23.4 Å². The quantitative estimate of drug-likeness (QED) is 0.736. The Bertz CT molecular complexity index is 753. The Labute approximate surface area is 164 Å². The summed E-state index contributed by atoms with van der Waals surface area (Å²) in [6.45, 7) is 5.21. The molecule has 0 radical (unpaired) electrons. The molecule has 2 aromatic rings. The largest absolute Gasteiger partial charge is 0.368 e. The molecule has 1 saturated carbocycles. The molecule has 27 heavy (non-hydrogen) atoms. The van der Waals surface area contributed by atoms with Crippen LogP contribution in [0.1, 0.15) is 38.6 Å². The van der Waals surface area contributed by atoms with Crippen molar-refractivity contribution in [2.24, 2.45) is 0 Å². The van der Waals surface area contributed by atoms with E-state index in [2.05, 4.69) is 44.7 Å². The number of anilines is 1. The number of aromatic nitrogens is 4. The summed E-state index contributed by atoms with van der Waals surface area (Å²) in [5.41, 5.74) is 1.22. The molecule has 0 spiro atoms. The fraction of sp³-hybridized carbons (Fsp3) is 0.579. The van der Waals surface area contributed by atoms with Crippen LogP contribution in [0.25, 0.3) is 0 Å². The summed E-state index contributed by atoms with van der Waals surface area (Å²) in [6, 6.07) is 10.8. The molecule has 1 aliphatic carbocycles. The van der Waals surface area contributed by atoms with E-state index in [0.717, 1.165) is 44.2 Å². The molecule has 2 fully saturated rings. The van der Waals surface area contributed by atoms with E-state index in [9.17, 15) is 4.79 Å². The van der Waals surface area contributed by atoms with Crippen molar-refractivity contribution < 1.29 is 4.79 Å². The Morgan fingerprint density at radius 3 is 2.52 bits per heavy atom. The number of thioether (sulfide) groups is 1. The molecular weight excluding hydrogens is 360 g/mol. The Kier molecular flexibility index (Phi) is 5.61. The van der Waals surface area contributed by atoms with Gasteiger partial charge in [0.2, 0.25) is 11.1 Å². The third-order valence-electron chi connectivity index (χ3n) is 5.48. The molecule has 1 aliphatic heterocycles. The Morgan fingerprint density at radius 1 is 1.11 bits per heavy atom. The second-order valence-corrected chi connectivity index (χ2v) is 8.56. The van der Waals surface area contributed by atoms with Crippen molar-refractivity contribution in [3.8, 4) is 0 Å². The zero-order valence-electron chi connectivity index (χ0n) is 15.7. The number of carbonyl (C=O) groups is 1. The van der Waals surface area contributed by atoms with Crippen molar-refractivity contribution in [1.82, 2.24) is 25.1 Å². The summed E-state index contributed by atoms with van der Waals surface area (Å²) >= 11 is 1.48. The van der Waals surface area contributed by atoms with Gasteiger partial charge in [0.05, 0.1) is 11.3 Å². The number of nitrogens with zero attached hydrogens (tertiary/aromatic N) is 6. The summed E-state index contributed by atoms with van der Waals surface area (Å²) in [7, 11) is 0. The topological polar surface area (TPSA) is 67.2 Å². The molecule has 1 atom stereocenters. The first-order valence-electron chi connectivity index (χ1n) is 9.75. The van der Waals surface area contributed by atoms with Crippen LogP contribution in [0.2, 0.25) is 0 Å². The van der Waals surface area contributed by atoms with E-state index in [4.69, 9.17) is 0 Å². The summed E-state index contributed by atoms with van der Waals surface area (Å²) in [4.78, 5) is 17.2.